The molecule has 0 amide bonds. The molecule has 0 spiro atoms. The van der Waals surface area contributed by atoms with Gasteiger partial charge in [-0.1, -0.05) is 0 Å². The molecular formula is C8H16O4. The van der Waals surface area contributed by atoms with E-state index >= 15 is 0 Å². The summed E-state index contributed by atoms with van der Waals surface area (Å²) in [5.41, 5.74) is 0. The van der Waals surface area contributed by atoms with Crippen LogP contribution in [0.15, 0.2) is 0 Å². The van der Waals surface area contributed by atoms with Gasteiger partial charge in [-0.2, -0.15) is 0 Å². The lowest BCUT2D eigenvalue weighted by molar-refractivity contribution is -0.0519. The number of hydrogen-bond acceptors (Lipinski definition) is 4. The zero-order valence-electron chi connectivity index (χ0n) is 6.93. The summed E-state index contributed by atoms with van der Waals surface area (Å²) in [5, 5.41) is 37.0. The molecule has 0 aliphatic heterocycles. The molecule has 72 valence electrons. The van der Waals surface area contributed by atoms with E-state index in [-0.39, 0.29) is 0 Å². The fourth-order valence-electron chi connectivity index (χ4n) is 1.45. The van der Waals surface area contributed by atoms with E-state index in [1.54, 1.807) is 0 Å². The standard InChI is InChI=1S/C8H16O4/c9-5-1-2-6(10)8(12)4-3-7(5)11/h5-12H,1-4H2/t5-,6+,7+,8-. The lowest BCUT2D eigenvalue weighted by atomic mass is 9.93. The van der Waals surface area contributed by atoms with Crippen molar-refractivity contribution < 1.29 is 20.4 Å². The highest BCUT2D eigenvalue weighted by Crippen LogP contribution is 2.18. The van der Waals surface area contributed by atoms with Crippen LogP contribution in [0.5, 0.6) is 0 Å². The normalized spacial score (nSPS) is 45.0. The summed E-state index contributed by atoms with van der Waals surface area (Å²) in [5.74, 6) is 0. The van der Waals surface area contributed by atoms with Crippen LogP contribution >= 0.6 is 0 Å². The van der Waals surface area contributed by atoms with Crippen molar-refractivity contribution in [1.82, 2.24) is 0 Å². The molecule has 0 aromatic carbocycles. The Labute approximate surface area is 71.5 Å². The van der Waals surface area contributed by atoms with Crippen molar-refractivity contribution in [2.75, 3.05) is 0 Å². The van der Waals surface area contributed by atoms with E-state index in [2.05, 4.69) is 0 Å². The maximum atomic E-state index is 9.24. The van der Waals surface area contributed by atoms with Crippen molar-refractivity contribution in [1.29, 1.82) is 0 Å². The van der Waals surface area contributed by atoms with E-state index in [0.717, 1.165) is 0 Å². The van der Waals surface area contributed by atoms with E-state index in [4.69, 9.17) is 0 Å². The second-order valence-electron chi connectivity index (χ2n) is 3.42. The Balaban J connectivity index is 2.45. The molecule has 0 aromatic rings. The van der Waals surface area contributed by atoms with Crippen LogP contribution in [-0.2, 0) is 0 Å². The van der Waals surface area contributed by atoms with Crippen molar-refractivity contribution >= 4 is 0 Å². The Hall–Kier alpha value is -0.160. The van der Waals surface area contributed by atoms with Crippen LogP contribution in [0.25, 0.3) is 0 Å². The number of hydrogen-bond donors (Lipinski definition) is 4. The first kappa shape index (κ1) is 9.92. The van der Waals surface area contributed by atoms with Gasteiger partial charge in [0.15, 0.2) is 0 Å². The quantitative estimate of drug-likeness (QED) is 0.382. The molecule has 0 unspecified atom stereocenters. The molecule has 12 heavy (non-hydrogen) atoms. The first-order chi connectivity index (χ1) is 5.61. The Morgan fingerprint density at radius 2 is 0.667 bits per heavy atom. The Kier molecular flexibility index (Phi) is 3.46. The van der Waals surface area contributed by atoms with Crippen LogP contribution in [0.1, 0.15) is 25.7 Å². The van der Waals surface area contributed by atoms with Crippen LogP contribution in [0.3, 0.4) is 0 Å². The average molecular weight is 176 g/mol. The molecular weight excluding hydrogens is 160 g/mol. The Bertz CT molecular complexity index is 107. The largest absolute Gasteiger partial charge is 0.390 e. The zero-order valence-corrected chi connectivity index (χ0v) is 6.93. The van der Waals surface area contributed by atoms with Crippen molar-refractivity contribution in [3.63, 3.8) is 0 Å². The van der Waals surface area contributed by atoms with E-state index < -0.39 is 24.4 Å². The van der Waals surface area contributed by atoms with Gasteiger partial charge >= 0.3 is 0 Å². The van der Waals surface area contributed by atoms with Gasteiger partial charge in [-0.15, -0.1) is 0 Å². The molecule has 0 saturated heterocycles. The fraction of sp³-hybridized carbons (Fsp3) is 1.00. The molecule has 0 bridgehead atoms. The monoisotopic (exact) mass is 176 g/mol. The van der Waals surface area contributed by atoms with Gasteiger partial charge in [0.2, 0.25) is 0 Å². The first-order valence-electron chi connectivity index (χ1n) is 4.33. The molecule has 0 aromatic heterocycles. The highest BCUT2D eigenvalue weighted by atomic mass is 16.3. The molecule has 1 fully saturated rings. The van der Waals surface area contributed by atoms with Crippen molar-refractivity contribution in [3.05, 3.63) is 0 Å². The number of rotatable bonds is 0. The lowest BCUT2D eigenvalue weighted by Gasteiger charge is -2.26. The average Bonchev–Trinajstić information content (AvgIpc) is 2.07. The van der Waals surface area contributed by atoms with Gasteiger partial charge in [-0.25, -0.2) is 0 Å². The third-order valence-electron chi connectivity index (χ3n) is 2.40. The van der Waals surface area contributed by atoms with Gasteiger partial charge in [0.05, 0.1) is 24.4 Å². The van der Waals surface area contributed by atoms with Crippen molar-refractivity contribution in [3.8, 4) is 0 Å². The third kappa shape index (κ3) is 2.42. The van der Waals surface area contributed by atoms with Crippen LogP contribution in [0.2, 0.25) is 0 Å². The summed E-state index contributed by atoms with van der Waals surface area (Å²) in [7, 11) is 0. The van der Waals surface area contributed by atoms with Gasteiger partial charge in [0.25, 0.3) is 0 Å². The molecule has 0 radical (unpaired) electrons. The van der Waals surface area contributed by atoms with Gasteiger partial charge in [0.1, 0.15) is 0 Å². The second kappa shape index (κ2) is 4.18. The third-order valence-corrected chi connectivity index (χ3v) is 2.40. The first-order valence-corrected chi connectivity index (χ1v) is 4.33. The summed E-state index contributed by atoms with van der Waals surface area (Å²) in [6.45, 7) is 0. The van der Waals surface area contributed by atoms with Gasteiger partial charge in [-0.3, -0.25) is 0 Å². The summed E-state index contributed by atoms with van der Waals surface area (Å²) >= 11 is 0. The number of aliphatic hydroxyl groups is 4. The van der Waals surface area contributed by atoms with Crippen LogP contribution in [0, 0.1) is 0 Å². The summed E-state index contributed by atoms with van der Waals surface area (Å²) in [4.78, 5) is 0. The fourth-order valence-corrected chi connectivity index (χ4v) is 1.45. The van der Waals surface area contributed by atoms with Crippen molar-refractivity contribution in [2.24, 2.45) is 0 Å². The Morgan fingerprint density at radius 3 is 0.833 bits per heavy atom. The van der Waals surface area contributed by atoms with Crippen LogP contribution < -0.4 is 0 Å². The maximum absolute atomic E-state index is 9.24. The maximum Gasteiger partial charge on any atom is 0.0800 e. The summed E-state index contributed by atoms with van der Waals surface area (Å²) < 4.78 is 0. The lowest BCUT2D eigenvalue weighted by Crippen LogP contribution is -2.35. The molecule has 0 heterocycles. The van der Waals surface area contributed by atoms with E-state index in [1.165, 1.54) is 0 Å². The molecule has 1 rings (SSSR count). The SMILES string of the molecule is O[C@@H]1CC[C@H](O)[C@H](O)CC[C@@H]1O. The second-order valence-corrected chi connectivity index (χ2v) is 3.42. The van der Waals surface area contributed by atoms with Crippen LogP contribution in [-0.4, -0.2) is 44.8 Å². The molecule has 1 aliphatic carbocycles. The smallest absolute Gasteiger partial charge is 0.0800 e. The Morgan fingerprint density at radius 1 is 0.500 bits per heavy atom. The van der Waals surface area contributed by atoms with Gasteiger partial charge < -0.3 is 20.4 Å². The molecule has 1 aliphatic rings. The molecule has 4 nitrogen and oxygen atoms in total. The van der Waals surface area contributed by atoms with Gasteiger partial charge in [-0.05, 0) is 25.7 Å². The van der Waals surface area contributed by atoms with Crippen LogP contribution in [0.4, 0.5) is 0 Å². The van der Waals surface area contributed by atoms with E-state index in [9.17, 15) is 20.4 Å². The molecule has 4 atom stereocenters. The molecule has 1 saturated carbocycles. The minimum Gasteiger partial charge on any atom is -0.390 e. The highest BCUT2D eigenvalue weighted by Gasteiger charge is 2.25. The predicted octanol–water partition coefficient (Wildman–Crippen LogP) is -0.996. The highest BCUT2D eigenvalue weighted by molar-refractivity contribution is 4.78. The number of aliphatic hydroxyl groups excluding tert-OH is 4. The van der Waals surface area contributed by atoms with Crippen molar-refractivity contribution in [2.45, 2.75) is 50.1 Å². The van der Waals surface area contributed by atoms with Gasteiger partial charge in [0, 0.05) is 0 Å². The molecule has 4 heteroatoms. The van der Waals surface area contributed by atoms with E-state index in [1.807, 2.05) is 0 Å². The molecule has 4 N–H and O–H groups in total. The summed E-state index contributed by atoms with van der Waals surface area (Å²) in [6.07, 6.45) is -1.64. The topological polar surface area (TPSA) is 80.9 Å². The predicted molar refractivity (Wildman–Crippen MR) is 42.5 cm³/mol. The zero-order chi connectivity index (χ0) is 9.14. The van der Waals surface area contributed by atoms with E-state index in [0.29, 0.717) is 25.7 Å². The summed E-state index contributed by atoms with van der Waals surface area (Å²) in [6, 6.07) is 0. The minimum absolute atomic E-state index is 0.347. The minimum atomic E-state index is -0.757.